The van der Waals surface area contributed by atoms with E-state index in [1.165, 1.54) is 0 Å². The Morgan fingerprint density at radius 3 is 2.75 bits per heavy atom. The van der Waals surface area contributed by atoms with Crippen molar-refractivity contribution < 1.29 is 0 Å². The average molecular weight is 256 g/mol. The molecule has 0 aliphatic heterocycles. The zero-order chi connectivity index (χ0) is 12.0. The van der Waals surface area contributed by atoms with Gasteiger partial charge in [-0.1, -0.05) is 29.3 Å². The molecule has 0 aliphatic rings. The molecule has 0 bridgehead atoms. The normalized spacial score (nSPS) is 12.1. The molecule has 0 fully saturated rings. The van der Waals surface area contributed by atoms with Crippen molar-refractivity contribution in [2.75, 3.05) is 7.05 Å². The quantitative estimate of drug-likeness (QED) is 0.794. The van der Waals surface area contributed by atoms with Gasteiger partial charge in [-0.05, 0) is 37.6 Å². The monoisotopic (exact) mass is 255 g/mol. The number of halogens is 2. The van der Waals surface area contributed by atoms with E-state index in [-0.39, 0.29) is 0 Å². The van der Waals surface area contributed by atoms with Gasteiger partial charge in [-0.2, -0.15) is 0 Å². The van der Waals surface area contributed by atoms with Gasteiger partial charge in [0.2, 0.25) is 0 Å². The first-order valence-electron chi connectivity index (χ1n) is 5.22. The molecule has 0 saturated heterocycles. The molecule has 1 nitrogen and oxygen atoms in total. The number of hydrogen-bond donors (Lipinski definition) is 1. The highest BCUT2D eigenvalue weighted by atomic mass is 35.5. The summed E-state index contributed by atoms with van der Waals surface area (Å²) in [5.41, 5.74) is 1.10. The molecule has 86 valence electrons. The Kier molecular flexibility index (Phi) is 5.69. The predicted octanol–water partition coefficient (Wildman–Crippen LogP) is 3.54. The summed E-state index contributed by atoms with van der Waals surface area (Å²) >= 11 is 12.0. The van der Waals surface area contributed by atoms with Gasteiger partial charge in [-0.25, -0.2) is 0 Å². The van der Waals surface area contributed by atoms with Gasteiger partial charge in [0.1, 0.15) is 0 Å². The van der Waals surface area contributed by atoms with Crippen LogP contribution in [-0.4, -0.2) is 13.1 Å². The van der Waals surface area contributed by atoms with E-state index in [1.807, 2.05) is 19.2 Å². The van der Waals surface area contributed by atoms with Gasteiger partial charge < -0.3 is 5.32 Å². The van der Waals surface area contributed by atoms with Crippen molar-refractivity contribution in [3.05, 3.63) is 33.8 Å². The number of likely N-dealkylation sites (N-methyl/N-ethyl adjacent to an activating group) is 1. The highest BCUT2D eigenvalue weighted by molar-refractivity contribution is 6.35. The summed E-state index contributed by atoms with van der Waals surface area (Å²) in [6, 6.07) is 5.95. The van der Waals surface area contributed by atoms with Gasteiger partial charge >= 0.3 is 0 Å². The Hall–Kier alpha value is -0.680. The SMILES string of the molecule is C#CCCC(Cc1ccc(Cl)cc1Cl)NC. The Balaban J connectivity index is 2.67. The zero-order valence-corrected chi connectivity index (χ0v) is 10.8. The minimum atomic E-state index is 0.356. The van der Waals surface area contributed by atoms with Gasteiger partial charge in [-0.3, -0.25) is 0 Å². The van der Waals surface area contributed by atoms with Gasteiger partial charge in [0.25, 0.3) is 0 Å². The lowest BCUT2D eigenvalue weighted by Gasteiger charge is -2.15. The van der Waals surface area contributed by atoms with Crippen LogP contribution >= 0.6 is 23.2 Å². The molecule has 1 N–H and O–H groups in total. The molecule has 16 heavy (non-hydrogen) atoms. The van der Waals surface area contributed by atoms with Crippen LogP contribution in [0.15, 0.2) is 18.2 Å². The molecule has 0 aliphatic carbocycles. The molecule has 1 aromatic carbocycles. The van der Waals surface area contributed by atoms with E-state index >= 15 is 0 Å². The van der Waals surface area contributed by atoms with E-state index < -0.39 is 0 Å². The van der Waals surface area contributed by atoms with Gasteiger partial charge in [0.05, 0.1) is 0 Å². The van der Waals surface area contributed by atoms with Crippen LogP contribution in [0.4, 0.5) is 0 Å². The summed E-state index contributed by atoms with van der Waals surface area (Å²) in [5, 5.41) is 4.62. The molecule has 3 heteroatoms. The highest BCUT2D eigenvalue weighted by Gasteiger charge is 2.09. The predicted molar refractivity (Wildman–Crippen MR) is 71.1 cm³/mol. The van der Waals surface area contributed by atoms with Crippen molar-refractivity contribution in [2.24, 2.45) is 0 Å². The molecule has 0 saturated carbocycles. The molecule has 0 aromatic heterocycles. The van der Waals surface area contributed by atoms with E-state index in [1.54, 1.807) is 6.07 Å². The smallest absolute Gasteiger partial charge is 0.0453 e. The maximum absolute atomic E-state index is 6.11. The summed E-state index contributed by atoms with van der Waals surface area (Å²) in [5.74, 6) is 2.65. The van der Waals surface area contributed by atoms with Crippen molar-refractivity contribution in [3.8, 4) is 12.3 Å². The first-order chi connectivity index (χ1) is 7.67. The van der Waals surface area contributed by atoms with Crippen LogP contribution < -0.4 is 5.32 Å². The second kappa shape index (κ2) is 6.81. The first kappa shape index (κ1) is 13.4. The number of hydrogen-bond acceptors (Lipinski definition) is 1. The largest absolute Gasteiger partial charge is 0.317 e. The zero-order valence-electron chi connectivity index (χ0n) is 9.26. The lowest BCUT2D eigenvalue weighted by molar-refractivity contribution is 0.528. The summed E-state index contributed by atoms with van der Waals surface area (Å²) in [6.07, 6.45) is 7.85. The lowest BCUT2D eigenvalue weighted by Crippen LogP contribution is -2.27. The minimum Gasteiger partial charge on any atom is -0.317 e. The van der Waals surface area contributed by atoms with Crippen LogP contribution in [0.2, 0.25) is 10.0 Å². The molecule has 0 spiro atoms. The maximum atomic E-state index is 6.11. The average Bonchev–Trinajstić information content (AvgIpc) is 2.27. The Morgan fingerprint density at radius 1 is 1.44 bits per heavy atom. The third-order valence-electron chi connectivity index (χ3n) is 2.53. The second-order valence-electron chi connectivity index (χ2n) is 3.67. The lowest BCUT2D eigenvalue weighted by atomic mass is 10.0. The summed E-state index contributed by atoms with van der Waals surface area (Å²) in [4.78, 5) is 0. The molecule has 0 heterocycles. The Morgan fingerprint density at radius 2 is 2.19 bits per heavy atom. The van der Waals surface area contributed by atoms with Crippen molar-refractivity contribution in [1.82, 2.24) is 5.32 Å². The fourth-order valence-corrected chi connectivity index (χ4v) is 2.04. The van der Waals surface area contributed by atoms with Crippen LogP contribution in [0.25, 0.3) is 0 Å². The molecule has 0 amide bonds. The topological polar surface area (TPSA) is 12.0 Å². The van der Waals surface area contributed by atoms with Crippen LogP contribution in [0.1, 0.15) is 18.4 Å². The second-order valence-corrected chi connectivity index (χ2v) is 4.51. The minimum absolute atomic E-state index is 0.356. The number of rotatable bonds is 5. The van der Waals surface area contributed by atoms with Gasteiger partial charge in [0.15, 0.2) is 0 Å². The third kappa shape index (κ3) is 4.06. The van der Waals surface area contributed by atoms with Crippen LogP contribution in [0.3, 0.4) is 0 Å². The van der Waals surface area contributed by atoms with Crippen LogP contribution in [0, 0.1) is 12.3 Å². The van der Waals surface area contributed by atoms with Crippen molar-refractivity contribution in [1.29, 1.82) is 0 Å². The molecule has 1 aromatic rings. The highest BCUT2D eigenvalue weighted by Crippen LogP contribution is 2.22. The summed E-state index contributed by atoms with van der Waals surface area (Å²) in [6.45, 7) is 0. The first-order valence-corrected chi connectivity index (χ1v) is 5.97. The number of terminal acetylenes is 1. The van der Waals surface area contributed by atoms with E-state index in [0.29, 0.717) is 16.1 Å². The van der Waals surface area contributed by atoms with Gasteiger partial charge in [0, 0.05) is 22.5 Å². The molecule has 1 atom stereocenters. The third-order valence-corrected chi connectivity index (χ3v) is 3.11. The molecular weight excluding hydrogens is 241 g/mol. The standard InChI is InChI=1S/C13H15Cl2N/c1-3-4-5-12(16-2)8-10-6-7-11(14)9-13(10)15/h1,6-7,9,12,16H,4-5,8H2,2H3. The van der Waals surface area contributed by atoms with Crippen LogP contribution in [-0.2, 0) is 6.42 Å². The van der Waals surface area contributed by atoms with E-state index in [9.17, 15) is 0 Å². The fourth-order valence-electron chi connectivity index (χ4n) is 1.56. The molecular formula is C13H15Cl2N. The fraction of sp³-hybridized carbons (Fsp3) is 0.385. The van der Waals surface area contributed by atoms with Crippen molar-refractivity contribution in [3.63, 3.8) is 0 Å². The van der Waals surface area contributed by atoms with Crippen molar-refractivity contribution in [2.45, 2.75) is 25.3 Å². The molecule has 1 unspecified atom stereocenters. The van der Waals surface area contributed by atoms with Crippen molar-refractivity contribution >= 4 is 23.2 Å². The summed E-state index contributed by atoms with van der Waals surface area (Å²) < 4.78 is 0. The van der Waals surface area contributed by atoms with Crippen LogP contribution in [0.5, 0.6) is 0 Å². The van der Waals surface area contributed by atoms with Gasteiger partial charge in [-0.15, -0.1) is 12.3 Å². The van der Waals surface area contributed by atoms with E-state index in [2.05, 4.69) is 11.2 Å². The van der Waals surface area contributed by atoms with E-state index in [4.69, 9.17) is 29.6 Å². The maximum Gasteiger partial charge on any atom is 0.0453 e. The summed E-state index contributed by atoms with van der Waals surface area (Å²) in [7, 11) is 1.94. The number of benzene rings is 1. The molecule has 1 rings (SSSR count). The molecule has 0 radical (unpaired) electrons. The van der Waals surface area contributed by atoms with E-state index in [0.717, 1.165) is 24.8 Å². The Bertz CT molecular complexity index is 382. The Labute approximate surface area is 107 Å². The number of nitrogens with one attached hydrogen (secondary N) is 1.